The fraction of sp³-hybridized carbons (Fsp3) is 0.786. The highest BCUT2D eigenvalue weighted by Gasteiger charge is 2.23. The van der Waals surface area contributed by atoms with Crippen LogP contribution in [0.2, 0.25) is 0 Å². The van der Waals surface area contributed by atoms with E-state index in [1.807, 2.05) is 6.08 Å². The molecule has 1 aliphatic rings. The second kappa shape index (κ2) is 8.29. The fourth-order valence-electron chi connectivity index (χ4n) is 2.57. The number of unbranched alkanes of at least 4 members (excludes halogenated alkanes) is 3. The standard InChI is InChI=1S/C14H25NO2/c1-2-3-4-5-7-10-15-11-8-6-9-13(15)12-14(16)17/h2,13H,1,3-12H2,(H,16,17). The highest BCUT2D eigenvalue weighted by atomic mass is 16.4. The van der Waals surface area contributed by atoms with Gasteiger partial charge in [0, 0.05) is 6.04 Å². The molecule has 98 valence electrons. The lowest BCUT2D eigenvalue weighted by molar-refractivity contribution is -0.138. The predicted octanol–water partition coefficient (Wildman–Crippen LogP) is 3.06. The van der Waals surface area contributed by atoms with Gasteiger partial charge in [-0.1, -0.05) is 18.9 Å². The minimum atomic E-state index is -0.659. The molecular weight excluding hydrogens is 214 g/mol. The minimum Gasteiger partial charge on any atom is -0.481 e. The molecule has 1 aliphatic heterocycles. The molecule has 0 aromatic carbocycles. The SMILES string of the molecule is C=CCCCCCN1CCCCC1CC(=O)O. The normalized spacial score (nSPS) is 21.3. The molecule has 1 heterocycles. The molecule has 3 heteroatoms. The zero-order valence-corrected chi connectivity index (χ0v) is 10.7. The van der Waals surface area contributed by atoms with E-state index in [4.69, 9.17) is 5.11 Å². The number of rotatable bonds is 8. The molecule has 0 bridgehead atoms. The van der Waals surface area contributed by atoms with Crippen molar-refractivity contribution in [2.75, 3.05) is 13.1 Å². The third-order valence-electron chi connectivity index (χ3n) is 3.51. The Morgan fingerprint density at radius 2 is 2.18 bits per heavy atom. The van der Waals surface area contributed by atoms with E-state index in [9.17, 15) is 4.79 Å². The second-order valence-electron chi connectivity index (χ2n) is 4.92. The van der Waals surface area contributed by atoms with Gasteiger partial charge in [0.05, 0.1) is 6.42 Å². The Bertz CT molecular complexity index is 240. The van der Waals surface area contributed by atoms with Crippen LogP contribution in [0.15, 0.2) is 12.7 Å². The number of nitrogens with zero attached hydrogens (tertiary/aromatic N) is 1. The number of likely N-dealkylation sites (tertiary alicyclic amines) is 1. The van der Waals surface area contributed by atoms with Crippen LogP contribution in [-0.2, 0) is 4.79 Å². The molecule has 1 atom stereocenters. The number of allylic oxidation sites excluding steroid dienone is 1. The van der Waals surface area contributed by atoms with Gasteiger partial charge in [-0.2, -0.15) is 0 Å². The number of hydrogen-bond donors (Lipinski definition) is 1. The van der Waals surface area contributed by atoms with Gasteiger partial charge in [-0.05, 0) is 45.2 Å². The summed E-state index contributed by atoms with van der Waals surface area (Å²) in [6, 6.07) is 0.278. The number of carboxylic acid groups (broad SMARTS) is 1. The molecule has 0 aromatic heterocycles. The van der Waals surface area contributed by atoms with Crippen molar-refractivity contribution < 1.29 is 9.90 Å². The van der Waals surface area contributed by atoms with Crippen molar-refractivity contribution in [3.8, 4) is 0 Å². The molecule has 1 fully saturated rings. The van der Waals surface area contributed by atoms with Crippen molar-refractivity contribution in [1.82, 2.24) is 4.90 Å². The highest BCUT2D eigenvalue weighted by molar-refractivity contribution is 5.67. The summed E-state index contributed by atoms with van der Waals surface area (Å²) in [5.41, 5.74) is 0. The average molecular weight is 239 g/mol. The van der Waals surface area contributed by atoms with Gasteiger partial charge in [-0.15, -0.1) is 6.58 Å². The summed E-state index contributed by atoms with van der Waals surface area (Å²) in [4.78, 5) is 13.2. The summed E-state index contributed by atoms with van der Waals surface area (Å²) in [5.74, 6) is -0.659. The Morgan fingerprint density at radius 1 is 1.35 bits per heavy atom. The predicted molar refractivity (Wildman–Crippen MR) is 70.1 cm³/mol. The molecule has 1 N–H and O–H groups in total. The first-order chi connectivity index (χ1) is 8.24. The molecule has 0 radical (unpaired) electrons. The van der Waals surface area contributed by atoms with Crippen molar-refractivity contribution in [2.45, 2.75) is 57.4 Å². The molecular formula is C14H25NO2. The van der Waals surface area contributed by atoms with Crippen LogP contribution in [0, 0.1) is 0 Å². The molecule has 0 saturated carbocycles. The summed E-state index contributed by atoms with van der Waals surface area (Å²) in [6.07, 6.45) is 10.5. The highest BCUT2D eigenvalue weighted by Crippen LogP contribution is 2.20. The Labute approximate surface area is 105 Å². The van der Waals surface area contributed by atoms with E-state index >= 15 is 0 Å². The quantitative estimate of drug-likeness (QED) is 0.523. The smallest absolute Gasteiger partial charge is 0.304 e. The fourth-order valence-corrected chi connectivity index (χ4v) is 2.57. The maximum Gasteiger partial charge on any atom is 0.304 e. The second-order valence-corrected chi connectivity index (χ2v) is 4.92. The zero-order chi connectivity index (χ0) is 12.5. The van der Waals surface area contributed by atoms with Crippen LogP contribution in [0.25, 0.3) is 0 Å². The van der Waals surface area contributed by atoms with E-state index in [1.165, 1.54) is 32.1 Å². The van der Waals surface area contributed by atoms with Crippen LogP contribution in [0.3, 0.4) is 0 Å². The lowest BCUT2D eigenvalue weighted by atomic mass is 9.99. The number of aliphatic carboxylic acids is 1. The Hall–Kier alpha value is -0.830. The molecule has 3 nitrogen and oxygen atoms in total. The van der Waals surface area contributed by atoms with Crippen LogP contribution in [0.4, 0.5) is 0 Å². The van der Waals surface area contributed by atoms with Crippen molar-refractivity contribution >= 4 is 5.97 Å². The van der Waals surface area contributed by atoms with Gasteiger partial charge in [-0.25, -0.2) is 0 Å². The van der Waals surface area contributed by atoms with Crippen molar-refractivity contribution in [3.05, 3.63) is 12.7 Å². The lowest BCUT2D eigenvalue weighted by Crippen LogP contribution is -2.41. The van der Waals surface area contributed by atoms with E-state index in [0.29, 0.717) is 6.42 Å². The third kappa shape index (κ3) is 5.87. The van der Waals surface area contributed by atoms with Crippen LogP contribution in [-0.4, -0.2) is 35.1 Å². The van der Waals surface area contributed by atoms with Gasteiger partial charge in [0.25, 0.3) is 0 Å². The van der Waals surface area contributed by atoms with E-state index in [2.05, 4.69) is 11.5 Å². The van der Waals surface area contributed by atoms with Crippen LogP contribution in [0.5, 0.6) is 0 Å². The number of hydrogen-bond acceptors (Lipinski definition) is 2. The molecule has 0 aromatic rings. The van der Waals surface area contributed by atoms with Crippen LogP contribution < -0.4 is 0 Å². The first-order valence-electron chi connectivity index (χ1n) is 6.80. The van der Waals surface area contributed by atoms with Crippen molar-refractivity contribution in [3.63, 3.8) is 0 Å². The summed E-state index contributed by atoms with van der Waals surface area (Å²) in [7, 11) is 0. The minimum absolute atomic E-state index is 0.278. The Kier molecular flexibility index (Phi) is 6.94. The maximum absolute atomic E-state index is 10.8. The molecule has 0 spiro atoms. The molecule has 1 unspecified atom stereocenters. The number of carboxylic acids is 1. The van der Waals surface area contributed by atoms with Crippen LogP contribution >= 0.6 is 0 Å². The first kappa shape index (κ1) is 14.2. The maximum atomic E-state index is 10.8. The van der Waals surface area contributed by atoms with Gasteiger partial charge in [0.15, 0.2) is 0 Å². The summed E-state index contributed by atoms with van der Waals surface area (Å²) < 4.78 is 0. The first-order valence-corrected chi connectivity index (χ1v) is 6.80. The van der Waals surface area contributed by atoms with Gasteiger partial charge in [0.2, 0.25) is 0 Å². The molecule has 17 heavy (non-hydrogen) atoms. The Morgan fingerprint density at radius 3 is 2.88 bits per heavy atom. The molecule has 1 saturated heterocycles. The van der Waals surface area contributed by atoms with Gasteiger partial charge in [0.1, 0.15) is 0 Å². The van der Waals surface area contributed by atoms with E-state index in [1.54, 1.807) is 0 Å². The molecule has 0 aliphatic carbocycles. The largest absolute Gasteiger partial charge is 0.481 e. The Balaban J connectivity index is 2.22. The molecule has 1 rings (SSSR count). The van der Waals surface area contributed by atoms with E-state index in [0.717, 1.165) is 25.9 Å². The topological polar surface area (TPSA) is 40.5 Å². The van der Waals surface area contributed by atoms with Gasteiger partial charge in [-0.3, -0.25) is 9.69 Å². The van der Waals surface area contributed by atoms with E-state index in [-0.39, 0.29) is 6.04 Å². The van der Waals surface area contributed by atoms with Crippen molar-refractivity contribution in [1.29, 1.82) is 0 Å². The van der Waals surface area contributed by atoms with E-state index < -0.39 is 5.97 Å². The monoisotopic (exact) mass is 239 g/mol. The number of piperidine rings is 1. The summed E-state index contributed by atoms with van der Waals surface area (Å²) >= 11 is 0. The third-order valence-corrected chi connectivity index (χ3v) is 3.51. The van der Waals surface area contributed by atoms with Gasteiger partial charge >= 0.3 is 5.97 Å². The summed E-state index contributed by atoms with van der Waals surface area (Å²) in [5, 5.41) is 8.89. The number of carbonyl (C=O) groups is 1. The van der Waals surface area contributed by atoms with Gasteiger partial charge < -0.3 is 5.11 Å². The lowest BCUT2D eigenvalue weighted by Gasteiger charge is -2.34. The van der Waals surface area contributed by atoms with Crippen molar-refractivity contribution in [2.24, 2.45) is 0 Å². The zero-order valence-electron chi connectivity index (χ0n) is 10.7. The summed E-state index contributed by atoms with van der Waals surface area (Å²) in [6.45, 7) is 5.86. The average Bonchev–Trinajstić information content (AvgIpc) is 2.30. The van der Waals surface area contributed by atoms with Crippen LogP contribution in [0.1, 0.15) is 51.4 Å². The molecule has 0 amide bonds.